The van der Waals surface area contributed by atoms with Crippen molar-refractivity contribution < 1.29 is 13.2 Å². The fourth-order valence-electron chi connectivity index (χ4n) is 2.94. The average Bonchev–Trinajstić information content (AvgIpc) is 2.99. The zero-order chi connectivity index (χ0) is 17.9. The minimum Gasteiger partial charge on any atom is -0.325 e. The molecule has 132 valence electrons. The monoisotopic (exact) mass is 376 g/mol. The first-order valence-corrected chi connectivity index (χ1v) is 10.2. The van der Waals surface area contributed by atoms with E-state index in [0.29, 0.717) is 17.7 Å². The molecule has 1 amide bonds. The van der Waals surface area contributed by atoms with Crippen LogP contribution >= 0.6 is 12.6 Å². The van der Waals surface area contributed by atoms with Gasteiger partial charge in [-0.1, -0.05) is 48.5 Å². The number of anilines is 1. The molecule has 1 aliphatic heterocycles. The standard InChI is InChI=1S/C18H20N2O3S2/c21-18(19-15-9-5-2-6-10-15)17-11-16(24)12-20(17)25(22,23)13-14-7-3-1-4-8-14/h1-10,16-17,24H,11-13H2,(H,19,21)/t16-,17-/m0/s1. The Labute approximate surface area is 153 Å². The van der Waals surface area contributed by atoms with E-state index in [1.165, 1.54) is 4.31 Å². The molecule has 7 heteroatoms. The predicted octanol–water partition coefficient (Wildman–Crippen LogP) is 2.53. The van der Waals surface area contributed by atoms with Crippen LogP contribution in [-0.4, -0.2) is 36.5 Å². The molecule has 1 aliphatic rings. The number of hydrogen-bond acceptors (Lipinski definition) is 4. The van der Waals surface area contributed by atoms with E-state index in [1.807, 2.05) is 24.3 Å². The van der Waals surface area contributed by atoms with Crippen LogP contribution in [0.1, 0.15) is 12.0 Å². The van der Waals surface area contributed by atoms with Crippen molar-refractivity contribution in [1.82, 2.24) is 4.31 Å². The number of sulfonamides is 1. The van der Waals surface area contributed by atoms with Crippen molar-refractivity contribution in [2.75, 3.05) is 11.9 Å². The lowest BCUT2D eigenvalue weighted by Gasteiger charge is -2.23. The van der Waals surface area contributed by atoms with E-state index >= 15 is 0 Å². The molecule has 1 heterocycles. The summed E-state index contributed by atoms with van der Waals surface area (Å²) in [6.45, 7) is 0.241. The summed E-state index contributed by atoms with van der Waals surface area (Å²) >= 11 is 4.40. The van der Waals surface area contributed by atoms with Crippen molar-refractivity contribution in [3.05, 3.63) is 66.2 Å². The maximum absolute atomic E-state index is 12.8. The van der Waals surface area contributed by atoms with Gasteiger partial charge in [-0.2, -0.15) is 16.9 Å². The number of carbonyl (C=O) groups is 1. The number of nitrogens with one attached hydrogen (secondary N) is 1. The Kier molecular flexibility index (Phi) is 5.46. The van der Waals surface area contributed by atoms with Crippen LogP contribution in [0.4, 0.5) is 5.69 Å². The molecule has 2 aromatic rings. The zero-order valence-electron chi connectivity index (χ0n) is 13.6. The van der Waals surface area contributed by atoms with Crippen molar-refractivity contribution >= 4 is 34.2 Å². The highest BCUT2D eigenvalue weighted by molar-refractivity contribution is 7.88. The van der Waals surface area contributed by atoms with E-state index in [0.717, 1.165) is 0 Å². The van der Waals surface area contributed by atoms with Crippen LogP contribution in [0.25, 0.3) is 0 Å². The molecule has 0 spiro atoms. The number of rotatable bonds is 5. The topological polar surface area (TPSA) is 66.5 Å². The smallest absolute Gasteiger partial charge is 0.242 e. The normalized spacial score (nSPS) is 21.2. The maximum atomic E-state index is 12.8. The molecule has 0 unspecified atom stereocenters. The fraction of sp³-hybridized carbons (Fsp3) is 0.278. The second-order valence-electron chi connectivity index (χ2n) is 6.07. The van der Waals surface area contributed by atoms with Crippen LogP contribution < -0.4 is 5.32 Å². The summed E-state index contributed by atoms with van der Waals surface area (Å²) in [6, 6.07) is 17.3. The summed E-state index contributed by atoms with van der Waals surface area (Å²) in [7, 11) is -3.61. The van der Waals surface area contributed by atoms with Gasteiger partial charge in [-0.15, -0.1) is 0 Å². The van der Waals surface area contributed by atoms with Crippen molar-refractivity contribution in [2.45, 2.75) is 23.5 Å². The van der Waals surface area contributed by atoms with Crippen LogP contribution in [0.2, 0.25) is 0 Å². The Bertz CT molecular complexity index is 826. The van der Waals surface area contributed by atoms with Gasteiger partial charge in [-0.05, 0) is 24.1 Å². The Hall–Kier alpha value is -1.83. The molecule has 2 aromatic carbocycles. The van der Waals surface area contributed by atoms with Gasteiger partial charge in [0, 0.05) is 17.5 Å². The molecule has 1 N–H and O–H groups in total. The minimum absolute atomic E-state index is 0.122. The highest BCUT2D eigenvalue weighted by Gasteiger charge is 2.42. The predicted molar refractivity (Wildman–Crippen MR) is 102 cm³/mol. The summed E-state index contributed by atoms with van der Waals surface area (Å²) in [5.41, 5.74) is 1.35. The van der Waals surface area contributed by atoms with Gasteiger partial charge in [0.2, 0.25) is 15.9 Å². The second-order valence-corrected chi connectivity index (χ2v) is 8.72. The van der Waals surface area contributed by atoms with E-state index in [2.05, 4.69) is 17.9 Å². The molecule has 2 atom stereocenters. The summed E-state index contributed by atoms with van der Waals surface area (Å²) in [5.74, 6) is -0.442. The van der Waals surface area contributed by atoms with Gasteiger partial charge in [0.25, 0.3) is 0 Å². The number of nitrogens with zero attached hydrogens (tertiary/aromatic N) is 1. The van der Waals surface area contributed by atoms with Crippen LogP contribution in [0.3, 0.4) is 0 Å². The Morgan fingerprint density at radius 2 is 1.68 bits per heavy atom. The summed E-state index contributed by atoms with van der Waals surface area (Å²) in [5, 5.41) is 2.64. The van der Waals surface area contributed by atoms with Gasteiger partial charge >= 0.3 is 0 Å². The van der Waals surface area contributed by atoms with Gasteiger partial charge < -0.3 is 5.32 Å². The first-order chi connectivity index (χ1) is 12.0. The average molecular weight is 377 g/mol. The zero-order valence-corrected chi connectivity index (χ0v) is 15.3. The highest BCUT2D eigenvalue weighted by atomic mass is 32.2. The molecular weight excluding hydrogens is 356 g/mol. The molecule has 1 saturated heterocycles. The first kappa shape index (κ1) is 18.0. The Morgan fingerprint density at radius 1 is 1.08 bits per heavy atom. The van der Waals surface area contributed by atoms with Crippen LogP contribution in [0.5, 0.6) is 0 Å². The van der Waals surface area contributed by atoms with E-state index in [9.17, 15) is 13.2 Å². The maximum Gasteiger partial charge on any atom is 0.242 e. The summed E-state index contributed by atoms with van der Waals surface area (Å²) in [6.07, 6.45) is 0.399. The van der Waals surface area contributed by atoms with Crippen molar-refractivity contribution in [2.24, 2.45) is 0 Å². The number of amides is 1. The van der Waals surface area contributed by atoms with Gasteiger partial charge in [0.05, 0.1) is 5.75 Å². The number of carbonyl (C=O) groups excluding carboxylic acids is 1. The lowest BCUT2D eigenvalue weighted by Crippen LogP contribution is -2.43. The van der Waals surface area contributed by atoms with Crippen LogP contribution in [0.15, 0.2) is 60.7 Å². The van der Waals surface area contributed by atoms with Crippen molar-refractivity contribution in [3.8, 4) is 0 Å². The van der Waals surface area contributed by atoms with Gasteiger partial charge in [0.15, 0.2) is 0 Å². The third-order valence-corrected chi connectivity index (χ3v) is 6.32. The SMILES string of the molecule is O=C(Nc1ccccc1)[C@@H]1C[C@H](S)CN1S(=O)(=O)Cc1ccccc1. The van der Waals surface area contributed by atoms with Gasteiger partial charge in [-0.3, -0.25) is 4.79 Å². The largest absolute Gasteiger partial charge is 0.325 e. The number of thiol groups is 1. The van der Waals surface area contributed by atoms with Crippen LogP contribution in [0, 0.1) is 0 Å². The van der Waals surface area contributed by atoms with Gasteiger partial charge in [0.1, 0.15) is 6.04 Å². The fourth-order valence-corrected chi connectivity index (χ4v) is 5.19. The third-order valence-electron chi connectivity index (χ3n) is 4.13. The quantitative estimate of drug-likeness (QED) is 0.788. The van der Waals surface area contributed by atoms with E-state index in [4.69, 9.17) is 0 Å². The minimum atomic E-state index is -3.61. The number of hydrogen-bond donors (Lipinski definition) is 2. The van der Waals surface area contributed by atoms with E-state index in [1.54, 1.807) is 36.4 Å². The molecular formula is C18H20N2O3S2. The van der Waals surface area contributed by atoms with E-state index < -0.39 is 16.1 Å². The van der Waals surface area contributed by atoms with E-state index in [-0.39, 0.29) is 23.5 Å². The molecule has 3 rings (SSSR count). The Balaban J connectivity index is 1.78. The molecule has 0 saturated carbocycles. The summed E-state index contributed by atoms with van der Waals surface area (Å²) < 4.78 is 26.9. The second kappa shape index (κ2) is 7.59. The number of para-hydroxylation sites is 1. The lowest BCUT2D eigenvalue weighted by molar-refractivity contribution is -0.119. The number of benzene rings is 2. The molecule has 0 aromatic heterocycles. The third kappa shape index (κ3) is 4.42. The molecule has 0 aliphatic carbocycles. The molecule has 25 heavy (non-hydrogen) atoms. The molecule has 1 fully saturated rings. The molecule has 5 nitrogen and oxygen atoms in total. The Morgan fingerprint density at radius 3 is 2.32 bits per heavy atom. The van der Waals surface area contributed by atoms with Crippen molar-refractivity contribution in [3.63, 3.8) is 0 Å². The van der Waals surface area contributed by atoms with Gasteiger partial charge in [-0.25, -0.2) is 8.42 Å². The molecule has 0 radical (unpaired) electrons. The lowest BCUT2D eigenvalue weighted by atomic mass is 10.2. The van der Waals surface area contributed by atoms with Crippen LogP contribution in [-0.2, 0) is 20.6 Å². The molecule has 0 bridgehead atoms. The highest BCUT2D eigenvalue weighted by Crippen LogP contribution is 2.27. The summed E-state index contributed by atoms with van der Waals surface area (Å²) in [4.78, 5) is 12.6. The first-order valence-electron chi connectivity index (χ1n) is 8.03. The van der Waals surface area contributed by atoms with Crippen molar-refractivity contribution in [1.29, 1.82) is 0 Å².